The SMILES string of the molecule is C=C(C)C1(NC)CCC1. The molecule has 1 nitrogen and oxygen atoms in total. The molecule has 0 bridgehead atoms. The van der Waals surface area contributed by atoms with Crippen molar-refractivity contribution in [2.75, 3.05) is 7.05 Å². The van der Waals surface area contributed by atoms with Crippen molar-refractivity contribution in [2.45, 2.75) is 31.7 Å². The Balaban J connectivity index is 2.57. The van der Waals surface area contributed by atoms with Gasteiger partial charge in [0.05, 0.1) is 0 Å². The summed E-state index contributed by atoms with van der Waals surface area (Å²) in [7, 11) is 2.02. The lowest BCUT2D eigenvalue weighted by atomic mass is 9.72. The molecule has 0 amide bonds. The summed E-state index contributed by atoms with van der Waals surface area (Å²) in [4.78, 5) is 0. The standard InChI is InChI=1S/C8H15N/c1-7(2)8(9-3)5-4-6-8/h9H,1,4-6H2,2-3H3. The summed E-state index contributed by atoms with van der Waals surface area (Å²) >= 11 is 0. The van der Waals surface area contributed by atoms with Crippen molar-refractivity contribution < 1.29 is 0 Å². The zero-order valence-corrected chi connectivity index (χ0v) is 6.33. The summed E-state index contributed by atoms with van der Waals surface area (Å²) in [5.74, 6) is 0. The van der Waals surface area contributed by atoms with Crippen LogP contribution in [0.5, 0.6) is 0 Å². The van der Waals surface area contributed by atoms with Crippen molar-refractivity contribution in [3.05, 3.63) is 12.2 Å². The predicted octanol–water partition coefficient (Wildman–Crippen LogP) is 1.70. The summed E-state index contributed by atoms with van der Waals surface area (Å²) in [6.45, 7) is 6.06. The van der Waals surface area contributed by atoms with Crippen LogP contribution in [0.4, 0.5) is 0 Å². The molecule has 0 aliphatic heterocycles. The van der Waals surface area contributed by atoms with Gasteiger partial charge in [-0.25, -0.2) is 0 Å². The van der Waals surface area contributed by atoms with E-state index in [1.54, 1.807) is 0 Å². The molecule has 0 aromatic heterocycles. The van der Waals surface area contributed by atoms with Crippen molar-refractivity contribution in [3.63, 3.8) is 0 Å². The summed E-state index contributed by atoms with van der Waals surface area (Å²) in [5, 5.41) is 3.31. The second-order valence-corrected chi connectivity index (χ2v) is 2.97. The molecule has 0 saturated heterocycles. The molecule has 1 heteroatoms. The molecule has 1 rings (SSSR count). The highest BCUT2D eigenvalue weighted by Gasteiger charge is 2.35. The topological polar surface area (TPSA) is 12.0 Å². The first-order valence-corrected chi connectivity index (χ1v) is 3.56. The van der Waals surface area contributed by atoms with Crippen LogP contribution in [0.25, 0.3) is 0 Å². The van der Waals surface area contributed by atoms with Crippen LogP contribution >= 0.6 is 0 Å². The minimum absolute atomic E-state index is 0.319. The van der Waals surface area contributed by atoms with Gasteiger partial charge in [0.2, 0.25) is 0 Å². The second kappa shape index (κ2) is 2.14. The fraction of sp³-hybridized carbons (Fsp3) is 0.750. The molecule has 0 heterocycles. The molecule has 0 aromatic carbocycles. The lowest BCUT2D eigenvalue weighted by Gasteiger charge is -2.42. The van der Waals surface area contributed by atoms with Gasteiger partial charge in [0.1, 0.15) is 0 Å². The molecular weight excluding hydrogens is 110 g/mol. The van der Waals surface area contributed by atoms with Crippen LogP contribution in [-0.2, 0) is 0 Å². The zero-order chi connectivity index (χ0) is 6.91. The maximum Gasteiger partial charge on any atom is 0.0386 e. The van der Waals surface area contributed by atoms with Crippen LogP contribution in [0.3, 0.4) is 0 Å². The largest absolute Gasteiger partial charge is 0.311 e. The molecule has 1 saturated carbocycles. The lowest BCUT2D eigenvalue weighted by molar-refractivity contribution is 0.247. The van der Waals surface area contributed by atoms with E-state index >= 15 is 0 Å². The van der Waals surface area contributed by atoms with Crippen molar-refractivity contribution in [1.29, 1.82) is 0 Å². The second-order valence-electron chi connectivity index (χ2n) is 2.97. The van der Waals surface area contributed by atoms with Crippen LogP contribution in [0, 0.1) is 0 Å². The highest BCUT2D eigenvalue weighted by Crippen LogP contribution is 2.36. The molecule has 52 valence electrons. The van der Waals surface area contributed by atoms with Crippen molar-refractivity contribution in [1.82, 2.24) is 5.32 Å². The van der Waals surface area contributed by atoms with E-state index in [-0.39, 0.29) is 0 Å². The van der Waals surface area contributed by atoms with E-state index < -0.39 is 0 Å². The van der Waals surface area contributed by atoms with E-state index in [0.29, 0.717) is 5.54 Å². The van der Waals surface area contributed by atoms with Crippen LogP contribution < -0.4 is 5.32 Å². The van der Waals surface area contributed by atoms with Crippen molar-refractivity contribution in [3.8, 4) is 0 Å². The number of rotatable bonds is 2. The number of likely N-dealkylation sites (N-methyl/N-ethyl adjacent to an activating group) is 1. The first kappa shape index (κ1) is 6.81. The van der Waals surface area contributed by atoms with Crippen LogP contribution in [0.2, 0.25) is 0 Å². The lowest BCUT2D eigenvalue weighted by Crippen LogP contribution is -2.49. The molecule has 1 aliphatic rings. The van der Waals surface area contributed by atoms with Gasteiger partial charge in [-0.1, -0.05) is 12.2 Å². The molecule has 0 aromatic rings. The quantitative estimate of drug-likeness (QED) is 0.554. The molecule has 0 atom stereocenters. The van der Waals surface area contributed by atoms with Gasteiger partial charge in [-0.3, -0.25) is 0 Å². The van der Waals surface area contributed by atoms with E-state index in [2.05, 4.69) is 18.8 Å². The monoisotopic (exact) mass is 125 g/mol. The molecule has 1 fully saturated rings. The minimum Gasteiger partial charge on any atom is -0.311 e. The Labute approximate surface area is 57.1 Å². The molecule has 0 unspecified atom stereocenters. The van der Waals surface area contributed by atoms with Gasteiger partial charge >= 0.3 is 0 Å². The van der Waals surface area contributed by atoms with E-state index in [0.717, 1.165) is 0 Å². The maximum atomic E-state index is 3.96. The van der Waals surface area contributed by atoms with Crippen LogP contribution in [0.1, 0.15) is 26.2 Å². The van der Waals surface area contributed by atoms with Crippen molar-refractivity contribution >= 4 is 0 Å². The number of hydrogen-bond acceptors (Lipinski definition) is 1. The normalized spacial score (nSPS) is 22.9. The van der Waals surface area contributed by atoms with E-state index in [1.165, 1.54) is 24.8 Å². The Morgan fingerprint density at radius 2 is 2.11 bits per heavy atom. The Hall–Kier alpha value is -0.300. The number of hydrogen-bond donors (Lipinski definition) is 1. The van der Waals surface area contributed by atoms with E-state index in [4.69, 9.17) is 0 Å². The first-order valence-electron chi connectivity index (χ1n) is 3.56. The smallest absolute Gasteiger partial charge is 0.0386 e. The van der Waals surface area contributed by atoms with E-state index in [1.807, 2.05) is 7.05 Å². The van der Waals surface area contributed by atoms with Gasteiger partial charge < -0.3 is 5.32 Å². The third kappa shape index (κ3) is 0.897. The summed E-state index contributed by atoms with van der Waals surface area (Å²) in [6.07, 6.45) is 3.91. The average Bonchev–Trinajstić information content (AvgIpc) is 1.62. The van der Waals surface area contributed by atoms with Crippen molar-refractivity contribution in [2.24, 2.45) is 0 Å². The number of nitrogens with one attached hydrogen (secondary N) is 1. The third-order valence-corrected chi connectivity index (χ3v) is 2.50. The molecular formula is C8H15N. The summed E-state index contributed by atoms with van der Waals surface area (Å²) < 4.78 is 0. The first-order chi connectivity index (χ1) is 4.21. The molecule has 1 aliphatic carbocycles. The fourth-order valence-electron chi connectivity index (χ4n) is 1.42. The molecule has 0 radical (unpaired) electrons. The Morgan fingerprint density at radius 3 is 2.11 bits per heavy atom. The van der Waals surface area contributed by atoms with Gasteiger partial charge in [-0.05, 0) is 33.2 Å². The minimum atomic E-state index is 0.319. The summed E-state index contributed by atoms with van der Waals surface area (Å²) in [6, 6.07) is 0. The van der Waals surface area contributed by atoms with Crippen LogP contribution in [-0.4, -0.2) is 12.6 Å². The highest BCUT2D eigenvalue weighted by atomic mass is 15.0. The van der Waals surface area contributed by atoms with Gasteiger partial charge in [0, 0.05) is 5.54 Å². The highest BCUT2D eigenvalue weighted by molar-refractivity contribution is 5.18. The molecule has 1 N–H and O–H groups in total. The summed E-state index contributed by atoms with van der Waals surface area (Å²) in [5.41, 5.74) is 1.61. The van der Waals surface area contributed by atoms with Crippen LogP contribution in [0.15, 0.2) is 12.2 Å². The molecule has 0 spiro atoms. The zero-order valence-electron chi connectivity index (χ0n) is 6.33. The van der Waals surface area contributed by atoms with Gasteiger partial charge in [-0.2, -0.15) is 0 Å². The van der Waals surface area contributed by atoms with Gasteiger partial charge in [0.25, 0.3) is 0 Å². The Bertz CT molecular complexity index is 117. The maximum absolute atomic E-state index is 3.96. The van der Waals surface area contributed by atoms with Gasteiger partial charge in [-0.15, -0.1) is 0 Å². The fourth-order valence-corrected chi connectivity index (χ4v) is 1.42. The third-order valence-electron chi connectivity index (χ3n) is 2.50. The predicted molar refractivity (Wildman–Crippen MR) is 40.5 cm³/mol. The average molecular weight is 125 g/mol. The molecule has 9 heavy (non-hydrogen) atoms. The van der Waals surface area contributed by atoms with Gasteiger partial charge in [0.15, 0.2) is 0 Å². The Kier molecular flexibility index (Phi) is 1.62. The Morgan fingerprint density at radius 1 is 1.56 bits per heavy atom. The van der Waals surface area contributed by atoms with E-state index in [9.17, 15) is 0 Å².